The Morgan fingerprint density at radius 3 is 2.61 bits per heavy atom. The molecule has 10 heteroatoms. The van der Waals surface area contributed by atoms with Crippen molar-refractivity contribution >= 4 is 0 Å². The normalized spacial score (nSPS) is 11.6. The molecule has 0 amide bonds. The highest BCUT2D eigenvalue weighted by Gasteiger charge is 2.30. The molecule has 3 aromatic heterocycles. The van der Waals surface area contributed by atoms with Crippen molar-refractivity contribution in [3.63, 3.8) is 0 Å². The lowest BCUT2D eigenvalue weighted by atomic mass is 10.1. The van der Waals surface area contributed by atoms with Gasteiger partial charge in [-0.25, -0.2) is 4.79 Å². The van der Waals surface area contributed by atoms with Gasteiger partial charge in [-0.05, 0) is 36.8 Å². The number of hydrogen-bond donors (Lipinski definition) is 2. The first-order chi connectivity index (χ1) is 14.7. The fourth-order valence-corrected chi connectivity index (χ4v) is 3.23. The molecule has 3 heterocycles. The second-order valence-corrected chi connectivity index (χ2v) is 6.98. The van der Waals surface area contributed by atoms with Crippen molar-refractivity contribution in [1.82, 2.24) is 24.7 Å². The molecule has 7 nitrogen and oxygen atoms in total. The first kappa shape index (κ1) is 20.3. The van der Waals surface area contributed by atoms with E-state index in [1.54, 1.807) is 42.1 Å². The summed E-state index contributed by atoms with van der Waals surface area (Å²) in [5.74, 6) is 0. The molecular weight excluding hydrogens is 411 g/mol. The number of aromatic nitrogens is 5. The number of rotatable bonds is 4. The zero-order chi connectivity index (χ0) is 22.2. The summed E-state index contributed by atoms with van der Waals surface area (Å²) in [4.78, 5) is 27.8. The third kappa shape index (κ3) is 4.32. The van der Waals surface area contributed by atoms with E-state index < -0.39 is 23.0 Å². The highest BCUT2D eigenvalue weighted by Crippen LogP contribution is 2.30. The maximum Gasteiger partial charge on any atom is 0.416 e. The van der Waals surface area contributed by atoms with E-state index in [4.69, 9.17) is 0 Å². The molecule has 4 rings (SSSR count). The van der Waals surface area contributed by atoms with Gasteiger partial charge in [0.25, 0.3) is 5.56 Å². The van der Waals surface area contributed by atoms with Gasteiger partial charge in [0.2, 0.25) is 0 Å². The van der Waals surface area contributed by atoms with Gasteiger partial charge in [-0.1, -0.05) is 12.1 Å². The Hall–Kier alpha value is -3.95. The van der Waals surface area contributed by atoms with E-state index in [0.717, 1.165) is 17.7 Å². The molecule has 0 aliphatic heterocycles. The third-order valence-corrected chi connectivity index (χ3v) is 4.75. The number of nitrogens with one attached hydrogen (secondary N) is 2. The fraction of sp³-hybridized carbons (Fsp3) is 0.143. The number of alkyl halides is 3. The van der Waals surface area contributed by atoms with Crippen LogP contribution in [0.25, 0.3) is 22.4 Å². The van der Waals surface area contributed by atoms with Gasteiger partial charge in [0.1, 0.15) is 5.69 Å². The summed E-state index contributed by atoms with van der Waals surface area (Å²) in [6, 6.07) is 8.66. The minimum atomic E-state index is -4.40. The molecule has 0 saturated heterocycles. The maximum absolute atomic E-state index is 12.9. The molecule has 0 spiro atoms. The van der Waals surface area contributed by atoms with Gasteiger partial charge in [0.05, 0.1) is 16.8 Å². The summed E-state index contributed by atoms with van der Waals surface area (Å²) in [5, 5.41) is 8.13. The van der Waals surface area contributed by atoms with Crippen LogP contribution in [0.3, 0.4) is 0 Å². The number of H-pyrrole nitrogens is 2. The number of hydrogen-bond acceptors (Lipinski definition) is 4. The molecule has 0 saturated carbocycles. The van der Waals surface area contributed by atoms with Crippen LogP contribution < -0.4 is 11.2 Å². The van der Waals surface area contributed by atoms with Crippen molar-refractivity contribution < 1.29 is 13.2 Å². The summed E-state index contributed by atoms with van der Waals surface area (Å²) < 4.78 is 40.6. The van der Waals surface area contributed by atoms with E-state index >= 15 is 0 Å². The third-order valence-electron chi connectivity index (χ3n) is 4.75. The standard InChI is InChI=1S/C21H16F3N5O2/c1-12-16(8-18(28-27-12)17-9-25-20(31)26-19(17)30)14-5-6-29(11-14)10-13-3-2-4-15(7-13)21(22,23)24/h2-9,11H,10H2,1H3,(H2,25,26,30,31). The Kier molecular flexibility index (Phi) is 5.05. The Labute approximate surface area is 173 Å². The average Bonchev–Trinajstić information content (AvgIpc) is 3.16. The number of nitrogens with zero attached hydrogens (tertiary/aromatic N) is 3. The predicted octanol–water partition coefficient (Wildman–Crippen LogP) is 3.36. The lowest BCUT2D eigenvalue weighted by molar-refractivity contribution is -0.137. The Bertz CT molecular complexity index is 1370. The number of benzene rings is 1. The van der Waals surface area contributed by atoms with E-state index in [9.17, 15) is 22.8 Å². The molecule has 0 unspecified atom stereocenters. The first-order valence-electron chi connectivity index (χ1n) is 9.20. The van der Waals surface area contributed by atoms with Crippen LogP contribution in [-0.4, -0.2) is 24.7 Å². The van der Waals surface area contributed by atoms with E-state index in [1.165, 1.54) is 12.3 Å². The summed E-state index contributed by atoms with van der Waals surface area (Å²) in [5.41, 5.74) is 1.14. The van der Waals surface area contributed by atoms with Gasteiger partial charge in [-0.15, -0.1) is 5.10 Å². The Balaban J connectivity index is 1.65. The molecule has 0 radical (unpaired) electrons. The van der Waals surface area contributed by atoms with Crippen LogP contribution in [0.5, 0.6) is 0 Å². The Morgan fingerprint density at radius 2 is 1.87 bits per heavy atom. The van der Waals surface area contributed by atoms with Gasteiger partial charge >= 0.3 is 11.9 Å². The smallest absolute Gasteiger partial charge is 0.349 e. The first-order valence-corrected chi connectivity index (χ1v) is 9.20. The van der Waals surface area contributed by atoms with Crippen molar-refractivity contribution in [2.75, 3.05) is 0 Å². The van der Waals surface area contributed by atoms with Crippen molar-refractivity contribution in [2.24, 2.45) is 0 Å². The lowest BCUT2D eigenvalue weighted by Gasteiger charge is -2.09. The minimum absolute atomic E-state index is 0.164. The second kappa shape index (κ2) is 7.71. The van der Waals surface area contributed by atoms with Crippen LogP contribution in [0.2, 0.25) is 0 Å². The lowest BCUT2D eigenvalue weighted by Crippen LogP contribution is -2.22. The van der Waals surface area contributed by atoms with Crippen LogP contribution in [0.15, 0.2) is 64.6 Å². The molecule has 4 aromatic rings. The van der Waals surface area contributed by atoms with Gasteiger partial charge < -0.3 is 9.55 Å². The highest BCUT2D eigenvalue weighted by atomic mass is 19.4. The molecule has 0 aliphatic carbocycles. The largest absolute Gasteiger partial charge is 0.416 e. The van der Waals surface area contributed by atoms with Crippen LogP contribution in [0, 0.1) is 6.92 Å². The summed E-state index contributed by atoms with van der Waals surface area (Å²) in [6.45, 7) is 2.02. The quantitative estimate of drug-likeness (QED) is 0.522. The van der Waals surface area contributed by atoms with Crippen molar-refractivity contribution in [3.05, 3.63) is 92.6 Å². The van der Waals surface area contributed by atoms with Crippen LogP contribution in [-0.2, 0) is 12.7 Å². The number of aryl methyl sites for hydroxylation is 1. The molecule has 2 N–H and O–H groups in total. The predicted molar refractivity (Wildman–Crippen MR) is 107 cm³/mol. The molecule has 158 valence electrons. The minimum Gasteiger partial charge on any atom is -0.349 e. The summed E-state index contributed by atoms with van der Waals surface area (Å²) in [6.07, 6.45) is 0.407. The monoisotopic (exact) mass is 427 g/mol. The average molecular weight is 427 g/mol. The topological polar surface area (TPSA) is 96.4 Å². The van der Waals surface area contributed by atoms with Gasteiger partial charge in [0, 0.05) is 36.3 Å². The fourth-order valence-electron chi connectivity index (χ4n) is 3.23. The van der Waals surface area contributed by atoms with Crippen molar-refractivity contribution in [1.29, 1.82) is 0 Å². The number of halogens is 3. The molecular formula is C21H16F3N5O2. The SMILES string of the molecule is Cc1nnc(-c2c[nH]c(=O)[nH]c2=O)cc1-c1ccn(Cc2cccc(C(F)(F)F)c2)c1. The summed E-state index contributed by atoms with van der Waals surface area (Å²) >= 11 is 0. The number of aromatic amines is 2. The molecule has 0 atom stereocenters. The zero-order valence-corrected chi connectivity index (χ0v) is 16.2. The second-order valence-electron chi connectivity index (χ2n) is 6.98. The Morgan fingerprint density at radius 1 is 1.06 bits per heavy atom. The molecule has 31 heavy (non-hydrogen) atoms. The van der Waals surface area contributed by atoms with Crippen LogP contribution in [0.1, 0.15) is 16.8 Å². The van der Waals surface area contributed by atoms with Crippen molar-refractivity contribution in [2.45, 2.75) is 19.6 Å². The van der Waals surface area contributed by atoms with E-state index in [2.05, 4.69) is 20.2 Å². The highest BCUT2D eigenvalue weighted by molar-refractivity contribution is 5.70. The van der Waals surface area contributed by atoms with Gasteiger partial charge in [-0.3, -0.25) is 9.78 Å². The van der Waals surface area contributed by atoms with E-state index in [0.29, 0.717) is 16.8 Å². The van der Waals surface area contributed by atoms with E-state index in [-0.39, 0.29) is 17.8 Å². The molecule has 1 aromatic carbocycles. The molecule has 0 bridgehead atoms. The van der Waals surface area contributed by atoms with Crippen molar-refractivity contribution in [3.8, 4) is 22.4 Å². The van der Waals surface area contributed by atoms with E-state index in [1.807, 2.05) is 0 Å². The molecule has 0 aliphatic rings. The van der Waals surface area contributed by atoms with Crippen LogP contribution >= 0.6 is 0 Å². The van der Waals surface area contributed by atoms with Gasteiger partial charge in [0.15, 0.2) is 0 Å². The maximum atomic E-state index is 12.9. The van der Waals surface area contributed by atoms with Gasteiger partial charge in [-0.2, -0.15) is 18.3 Å². The van der Waals surface area contributed by atoms with Crippen LogP contribution in [0.4, 0.5) is 13.2 Å². The summed E-state index contributed by atoms with van der Waals surface area (Å²) in [7, 11) is 0. The zero-order valence-electron chi connectivity index (χ0n) is 16.2. The molecule has 0 fully saturated rings.